The highest BCUT2D eigenvalue weighted by atomic mass is 16.5. The quantitative estimate of drug-likeness (QED) is 0.761. The summed E-state index contributed by atoms with van der Waals surface area (Å²) in [7, 11) is 0. The lowest BCUT2D eigenvalue weighted by molar-refractivity contribution is -0.134. The van der Waals surface area contributed by atoms with Crippen molar-refractivity contribution in [3.05, 3.63) is 59.7 Å². The number of rotatable bonds is 3. The number of nitrogens with one attached hydrogen (secondary N) is 1. The van der Waals surface area contributed by atoms with Crippen molar-refractivity contribution in [3.8, 4) is 5.75 Å². The average molecular weight is 462 g/mol. The molecule has 5 rings (SSSR count). The van der Waals surface area contributed by atoms with Crippen LogP contribution in [0.5, 0.6) is 5.75 Å². The lowest BCUT2D eigenvalue weighted by Crippen LogP contribution is -2.48. The number of carbonyl (C=O) groups is 3. The van der Waals surface area contributed by atoms with Crippen LogP contribution in [0.15, 0.2) is 48.5 Å². The van der Waals surface area contributed by atoms with E-state index in [2.05, 4.69) is 12.2 Å². The summed E-state index contributed by atoms with van der Waals surface area (Å²) in [6.07, 6.45) is 3.39. The first-order valence-electron chi connectivity index (χ1n) is 12.3. The molecule has 178 valence electrons. The monoisotopic (exact) mass is 461 g/mol. The summed E-state index contributed by atoms with van der Waals surface area (Å²) in [4.78, 5) is 43.8. The van der Waals surface area contributed by atoms with Gasteiger partial charge in [0.2, 0.25) is 17.7 Å². The van der Waals surface area contributed by atoms with Crippen LogP contribution in [0, 0.1) is 0 Å². The first-order chi connectivity index (χ1) is 16.6. The second-order valence-electron chi connectivity index (χ2n) is 9.35. The summed E-state index contributed by atoms with van der Waals surface area (Å²) in [5.41, 5.74) is 1.62. The maximum Gasteiger partial charge on any atom is 0.240 e. The molecule has 3 aliphatic rings. The van der Waals surface area contributed by atoms with Crippen LogP contribution in [0.1, 0.15) is 56.2 Å². The van der Waals surface area contributed by atoms with E-state index in [4.69, 9.17) is 4.74 Å². The molecule has 0 saturated carbocycles. The molecule has 7 heteroatoms. The van der Waals surface area contributed by atoms with Gasteiger partial charge in [0.05, 0.1) is 12.6 Å². The third kappa shape index (κ3) is 3.63. The molecule has 2 aromatic rings. The van der Waals surface area contributed by atoms with Gasteiger partial charge in [-0.1, -0.05) is 43.7 Å². The number of anilines is 1. The predicted octanol–water partition coefficient (Wildman–Crippen LogP) is 3.33. The molecular formula is C27H31N3O4. The fraction of sp³-hybridized carbons (Fsp3) is 0.444. The molecule has 1 spiro atoms. The van der Waals surface area contributed by atoms with Gasteiger partial charge in [0.1, 0.15) is 17.7 Å². The normalized spacial score (nSPS) is 24.1. The highest BCUT2D eigenvalue weighted by Gasteiger charge is 2.61. The fourth-order valence-electron chi connectivity index (χ4n) is 5.71. The van der Waals surface area contributed by atoms with E-state index in [1.807, 2.05) is 53.4 Å². The number of nitrogens with zero attached hydrogens (tertiary/aromatic N) is 2. The van der Waals surface area contributed by atoms with Gasteiger partial charge in [0, 0.05) is 25.2 Å². The molecule has 3 amide bonds. The molecule has 3 aliphatic heterocycles. The van der Waals surface area contributed by atoms with Crippen molar-refractivity contribution >= 4 is 23.4 Å². The van der Waals surface area contributed by atoms with Gasteiger partial charge in [0.15, 0.2) is 0 Å². The lowest BCUT2D eigenvalue weighted by atomic mass is 9.72. The van der Waals surface area contributed by atoms with E-state index in [9.17, 15) is 14.4 Å². The summed E-state index contributed by atoms with van der Waals surface area (Å²) in [6.45, 7) is 3.49. The third-order valence-corrected chi connectivity index (χ3v) is 7.28. The van der Waals surface area contributed by atoms with Gasteiger partial charge in [0.25, 0.3) is 0 Å². The summed E-state index contributed by atoms with van der Waals surface area (Å²) < 4.78 is 5.96. The van der Waals surface area contributed by atoms with Crippen LogP contribution in [0.2, 0.25) is 0 Å². The highest BCUT2D eigenvalue weighted by molar-refractivity contribution is 6.12. The van der Waals surface area contributed by atoms with Gasteiger partial charge in [-0.15, -0.1) is 0 Å². The van der Waals surface area contributed by atoms with E-state index < -0.39 is 11.5 Å². The van der Waals surface area contributed by atoms with Crippen molar-refractivity contribution in [2.75, 3.05) is 31.1 Å². The molecule has 1 saturated heterocycles. The molecule has 34 heavy (non-hydrogen) atoms. The van der Waals surface area contributed by atoms with Crippen molar-refractivity contribution < 1.29 is 19.1 Å². The lowest BCUT2D eigenvalue weighted by Gasteiger charge is -2.35. The summed E-state index contributed by atoms with van der Waals surface area (Å²) in [6, 6.07) is 15.1. The van der Waals surface area contributed by atoms with Crippen molar-refractivity contribution in [3.63, 3.8) is 0 Å². The number of fused-ring (bicyclic) bond motifs is 6. The minimum atomic E-state index is -0.929. The van der Waals surface area contributed by atoms with E-state index in [-0.39, 0.29) is 24.3 Å². The summed E-state index contributed by atoms with van der Waals surface area (Å²) in [5, 5.41) is 2.91. The molecule has 0 radical (unpaired) electrons. The Kier molecular flexibility index (Phi) is 6.02. The van der Waals surface area contributed by atoms with Crippen LogP contribution in [-0.4, -0.2) is 48.9 Å². The van der Waals surface area contributed by atoms with Crippen molar-refractivity contribution in [1.82, 2.24) is 10.2 Å². The van der Waals surface area contributed by atoms with Crippen LogP contribution < -0.4 is 15.0 Å². The molecule has 0 aromatic heterocycles. The average Bonchev–Trinajstić information content (AvgIpc) is 3.35. The molecule has 0 aliphatic carbocycles. The Morgan fingerprint density at radius 3 is 2.88 bits per heavy atom. The van der Waals surface area contributed by atoms with Crippen LogP contribution in [0.3, 0.4) is 0 Å². The number of hydrogen-bond donors (Lipinski definition) is 1. The Morgan fingerprint density at radius 1 is 1.18 bits per heavy atom. The number of hydrogen-bond acceptors (Lipinski definition) is 4. The fourth-order valence-corrected chi connectivity index (χ4v) is 5.71. The minimum absolute atomic E-state index is 0.0327. The van der Waals surface area contributed by atoms with Gasteiger partial charge >= 0.3 is 0 Å². The molecule has 4 bridgehead atoms. The molecule has 1 fully saturated rings. The van der Waals surface area contributed by atoms with E-state index in [1.165, 1.54) is 0 Å². The highest BCUT2D eigenvalue weighted by Crippen LogP contribution is 2.56. The van der Waals surface area contributed by atoms with E-state index in [1.54, 1.807) is 4.90 Å². The van der Waals surface area contributed by atoms with Crippen LogP contribution in [-0.2, 0) is 19.8 Å². The Bertz CT molecular complexity index is 1120. The number of para-hydroxylation sites is 1. The number of ether oxygens (including phenoxy) is 1. The number of likely N-dealkylation sites (tertiary alicyclic amines) is 1. The Balaban J connectivity index is 1.68. The molecule has 7 nitrogen and oxygen atoms in total. The zero-order chi connectivity index (χ0) is 23.7. The molecular weight excluding hydrogens is 430 g/mol. The Labute approximate surface area is 200 Å². The maximum atomic E-state index is 14.2. The Hall–Kier alpha value is -3.35. The standard InChI is InChI=1S/C27H31N3O4/c1-2-3-12-24(32)29-15-13-27-21-10-4-5-11-22(21)30(26(27)33)18-23(31)28-14-7-16-34-20-9-6-8-19(17-20)25(27)29/h4-6,8-11,17,25H,2-3,7,12-16,18H2,1H3,(H,28,31)/t25-,27+/m0/s1. The molecule has 1 N–H and O–H groups in total. The second kappa shape index (κ2) is 9.12. The molecule has 2 aromatic carbocycles. The van der Waals surface area contributed by atoms with Crippen molar-refractivity contribution in [2.24, 2.45) is 0 Å². The first-order valence-corrected chi connectivity index (χ1v) is 12.3. The van der Waals surface area contributed by atoms with Crippen molar-refractivity contribution in [2.45, 2.75) is 50.5 Å². The zero-order valence-electron chi connectivity index (χ0n) is 19.6. The van der Waals surface area contributed by atoms with Gasteiger partial charge in [-0.2, -0.15) is 0 Å². The van der Waals surface area contributed by atoms with Crippen LogP contribution in [0.4, 0.5) is 5.69 Å². The van der Waals surface area contributed by atoms with Crippen LogP contribution >= 0.6 is 0 Å². The molecule has 3 heterocycles. The zero-order valence-corrected chi connectivity index (χ0v) is 19.6. The SMILES string of the molecule is CCCCC(=O)N1CC[C@]23C(=O)N(CC(=O)NCCCOc4cccc(c4)[C@H]12)c1ccccc13. The maximum absolute atomic E-state index is 14.2. The predicted molar refractivity (Wildman–Crippen MR) is 129 cm³/mol. The largest absolute Gasteiger partial charge is 0.494 e. The van der Waals surface area contributed by atoms with Gasteiger partial charge in [-0.05, 0) is 48.6 Å². The molecule has 2 atom stereocenters. The van der Waals surface area contributed by atoms with E-state index in [0.29, 0.717) is 44.7 Å². The molecule has 0 unspecified atom stereocenters. The number of amides is 3. The second-order valence-corrected chi connectivity index (χ2v) is 9.35. The Morgan fingerprint density at radius 2 is 2.03 bits per heavy atom. The number of benzene rings is 2. The number of unbranched alkanes of at least 4 members (excludes halogenated alkanes) is 1. The van der Waals surface area contributed by atoms with Gasteiger partial charge in [-0.25, -0.2) is 0 Å². The summed E-state index contributed by atoms with van der Waals surface area (Å²) >= 11 is 0. The van der Waals surface area contributed by atoms with Gasteiger partial charge < -0.3 is 19.9 Å². The smallest absolute Gasteiger partial charge is 0.240 e. The minimum Gasteiger partial charge on any atom is -0.494 e. The summed E-state index contributed by atoms with van der Waals surface area (Å²) in [5.74, 6) is 0.473. The third-order valence-electron chi connectivity index (χ3n) is 7.28. The topological polar surface area (TPSA) is 79.0 Å². The number of carbonyl (C=O) groups excluding carboxylic acids is 3. The van der Waals surface area contributed by atoms with E-state index >= 15 is 0 Å². The van der Waals surface area contributed by atoms with Crippen molar-refractivity contribution in [1.29, 1.82) is 0 Å². The van der Waals surface area contributed by atoms with Crippen LogP contribution in [0.25, 0.3) is 0 Å². The first kappa shape index (κ1) is 22.4. The van der Waals surface area contributed by atoms with E-state index in [0.717, 1.165) is 29.7 Å². The van der Waals surface area contributed by atoms with Gasteiger partial charge in [-0.3, -0.25) is 14.4 Å².